The average Bonchev–Trinajstić information content (AvgIpc) is 1.97. The Kier molecular flexibility index (Phi) is 6.51. The smallest absolute Gasteiger partial charge is 0.266 e. The van der Waals surface area contributed by atoms with Gasteiger partial charge in [0.05, 0.1) is 5.75 Å². The molecule has 0 aliphatic rings. The third-order valence-corrected chi connectivity index (χ3v) is 3.18. The number of nitrogens with zero attached hydrogens (tertiary/aromatic N) is 1. The van der Waals surface area contributed by atoms with E-state index in [1.807, 2.05) is 6.92 Å². The van der Waals surface area contributed by atoms with Crippen molar-refractivity contribution in [3.8, 4) is 0 Å². The van der Waals surface area contributed by atoms with Crippen molar-refractivity contribution >= 4 is 10.1 Å². The molecule has 0 bridgehead atoms. The molecule has 0 aliphatic heterocycles. The predicted molar refractivity (Wildman–Crippen MR) is 67.1 cm³/mol. The summed E-state index contributed by atoms with van der Waals surface area (Å²) in [7, 11) is -3.88. The van der Waals surface area contributed by atoms with Crippen LogP contribution in [0, 0.1) is 11.8 Å². The van der Waals surface area contributed by atoms with Crippen LogP contribution < -0.4 is 0 Å². The van der Waals surface area contributed by atoms with Gasteiger partial charge in [0.25, 0.3) is 10.1 Å². The van der Waals surface area contributed by atoms with Gasteiger partial charge in [-0.05, 0) is 18.8 Å². The highest BCUT2D eigenvalue weighted by atomic mass is 32.2. The van der Waals surface area contributed by atoms with Crippen LogP contribution in [0.3, 0.4) is 0 Å². The third-order valence-electron chi connectivity index (χ3n) is 2.27. The number of rotatable bonds is 7. The molecule has 0 heterocycles. The Morgan fingerprint density at radius 2 is 1.38 bits per heavy atom. The van der Waals surface area contributed by atoms with Gasteiger partial charge in [0.2, 0.25) is 0 Å². The summed E-state index contributed by atoms with van der Waals surface area (Å²) < 4.78 is 30.5. The highest BCUT2D eigenvalue weighted by Crippen LogP contribution is 2.09. The molecule has 0 radical (unpaired) electrons. The van der Waals surface area contributed by atoms with E-state index in [1.54, 1.807) is 0 Å². The van der Waals surface area contributed by atoms with Gasteiger partial charge in [0.1, 0.15) is 0 Å². The van der Waals surface area contributed by atoms with Gasteiger partial charge in [-0.1, -0.05) is 27.7 Å². The number of hydrogen-bond donors (Lipinski definition) is 1. The maximum absolute atomic E-state index is 10.8. The highest BCUT2D eigenvalue weighted by Gasteiger charge is 2.20. The summed E-state index contributed by atoms with van der Waals surface area (Å²) in [5.74, 6) is 0.789. The maximum atomic E-state index is 10.8. The Labute approximate surface area is 99.8 Å². The molecule has 0 fully saturated rings. The Bertz CT molecular complexity index is 276. The summed E-state index contributed by atoms with van der Waals surface area (Å²) in [4.78, 5) is 2.13. The zero-order chi connectivity index (χ0) is 12.9. The van der Waals surface area contributed by atoms with Crippen LogP contribution in [-0.2, 0) is 10.1 Å². The van der Waals surface area contributed by atoms with Gasteiger partial charge in [-0.25, -0.2) is 0 Å². The van der Waals surface area contributed by atoms with Crippen LogP contribution in [-0.4, -0.2) is 42.8 Å². The van der Waals surface area contributed by atoms with E-state index < -0.39 is 10.1 Å². The zero-order valence-corrected chi connectivity index (χ0v) is 11.8. The van der Waals surface area contributed by atoms with Crippen LogP contribution in [0.2, 0.25) is 0 Å². The molecule has 98 valence electrons. The fourth-order valence-electron chi connectivity index (χ4n) is 1.78. The average molecular weight is 251 g/mol. The van der Waals surface area contributed by atoms with Crippen molar-refractivity contribution in [1.29, 1.82) is 0 Å². The van der Waals surface area contributed by atoms with Crippen LogP contribution in [0.5, 0.6) is 0 Å². The van der Waals surface area contributed by atoms with Crippen molar-refractivity contribution in [2.24, 2.45) is 11.8 Å². The molecule has 1 N–H and O–H groups in total. The summed E-state index contributed by atoms with van der Waals surface area (Å²) in [6, 6.07) is -0.139. The first-order valence-corrected chi connectivity index (χ1v) is 7.42. The van der Waals surface area contributed by atoms with Crippen LogP contribution in [0.4, 0.5) is 0 Å². The van der Waals surface area contributed by atoms with Gasteiger partial charge in [0.15, 0.2) is 0 Å². The van der Waals surface area contributed by atoms with E-state index in [4.69, 9.17) is 4.55 Å². The molecule has 0 aliphatic carbocycles. The van der Waals surface area contributed by atoms with E-state index in [0.717, 1.165) is 13.1 Å². The molecule has 0 saturated carbocycles. The number of hydrogen-bond acceptors (Lipinski definition) is 3. The molecule has 0 aromatic rings. The Hall–Kier alpha value is -0.130. The molecule has 16 heavy (non-hydrogen) atoms. The maximum Gasteiger partial charge on any atom is 0.266 e. The van der Waals surface area contributed by atoms with Crippen molar-refractivity contribution < 1.29 is 13.0 Å². The van der Waals surface area contributed by atoms with Gasteiger partial charge < -0.3 is 0 Å². The largest absolute Gasteiger partial charge is 0.299 e. The summed E-state index contributed by atoms with van der Waals surface area (Å²) in [6.45, 7) is 12.0. The molecular weight excluding hydrogens is 226 g/mol. The standard InChI is InChI=1S/C11H25NO3S/c1-9(2)6-12(7-10(3)4)11(5)8-16(13,14)15/h9-11H,6-8H2,1-5H3,(H,13,14,15). The molecule has 0 aromatic carbocycles. The molecular formula is C11H25NO3S. The van der Waals surface area contributed by atoms with Crippen LogP contribution in [0.15, 0.2) is 0 Å². The monoisotopic (exact) mass is 251 g/mol. The van der Waals surface area contributed by atoms with E-state index in [0.29, 0.717) is 11.8 Å². The molecule has 4 nitrogen and oxygen atoms in total. The summed E-state index contributed by atoms with van der Waals surface area (Å²) in [5, 5.41) is 0. The molecule has 1 unspecified atom stereocenters. The second-order valence-corrected chi connectivity index (χ2v) is 6.84. The van der Waals surface area contributed by atoms with E-state index >= 15 is 0 Å². The molecule has 1 atom stereocenters. The molecule has 0 amide bonds. The topological polar surface area (TPSA) is 57.6 Å². The summed E-state index contributed by atoms with van der Waals surface area (Å²) in [5.41, 5.74) is 0. The zero-order valence-electron chi connectivity index (χ0n) is 11.0. The van der Waals surface area contributed by atoms with Crippen LogP contribution >= 0.6 is 0 Å². The quantitative estimate of drug-likeness (QED) is 0.702. The minimum absolute atomic E-state index is 0.139. The lowest BCUT2D eigenvalue weighted by molar-refractivity contribution is 0.177. The minimum Gasteiger partial charge on any atom is -0.299 e. The fraction of sp³-hybridized carbons (Fsp3) is 1.00. The van der Waals surface area contributed by atoms with Crippen LogP contribution in [0.25, 0.3) is 0 Å². The fourth-order valence-corrected chi connectivity index (χ4v) is 2.60. The first kappa shape index (κ1) is 15.9. The van der Waals surface area contributed by atoms with Crippen molar-refractivity contribution in [1.82, 2.24) is 4.90 Å². The predicted octanol–water partition coefficient (Wildman–Crippen LogP) is 1.88. The Balaban J connectivity index is 4.49. The van der Waals surface area contributed by atoms with Gasteiger partial charge in [-0.2, -0.15) is 8.42 Å². The second kappa shape index (κ2) is 6.57. The molecule has 0 rings (SSSR count). The lowest BCUT2D eigenvalue weighted by atomic mass is 10.1. The van der Waals surface area contributed by atoms with Gasteiger partial charge >= 0.3 is 0 Å². The Morgan fingerprint density at radius 1 is 1.00 bits per heavy atom. The summed E-state index contributed by atoms with van der Waals surface area (Å²) >= 11 is 0. The highest BCUT2D eigenvalue weighted by molar-refractivity contribution is 7.85. The molecule has 0 spiro atoms. The van der Waals surface area contributed by atoms with E-state index in [2.05, 4.69) is 32.6 Å². The first-order chi connectivity index (χ1) is 7.11. The SMILES string of the molecule is CC(C)CN(CC(C)C)C(C)CS(=O)(=O)O. The second-order valence-electron chi connectivity index (χ2n) is 5.34. The molecule has 0 aromatic heterocycles. The molecule has 5 heteroatoms. The van der Waals surface area contributed by atoms with Gasteiger partial charge in [-0.15, -0.1) is 0 Å². The van der Waals surface area contributed by atoms with Crippen LogP contribution in [0.1, 0.15) is 34.6 Å². The van der Waals surface area contributed by atoms with E-state index in [-0.39, 0.29) is 11.8 Å². The van der Waals surface area contributed by atoms with E-state index in [9.17, 15) is 8.42 Å². The minimum atomic E-state index is -3.88. The lowest BCUT2D eigenvalue weighted by Crippen LogP contribution is -2.42. The van der Waals surface area contributed by atoms with Crippen molar-refractivity contribution in [3.05, 3.63) is 0 Å². The van der Waals surface area contributed by atoms with Crippen molar-refractivity contribution in [3.63, 3.8) is 0 Å². The van der Waals surface area contributed by atoms with E-state index in [1.165, 1.54) is 0 Å². The normalized spacial score (nSPS) is 15.1. The summed E-state index contributed by atoms with van der Waals surface area (Å²) in [6.07, 6.45) is 0. The first-order valence-electron chi connectivity index (χ1n) is 5.81. The van der Waals surface area contributed by atoms with Gasteiger partial charge in [0, 0.05) is 19.1 Å². The van der Waals surface area contributed by atoms with Crippen molar-refractivity contribution in [2.75, 3.05) is 18.8 Å². The lowest BCUT2D eigenvalue weighted by Gasteiger charge is -2.31. The third kappa shape index (κ3) is 8.07. The van der Waals surface area contributed by atoms with Crippen molar-refractivity contribution in [2.45, 2.75) is 40.7 Å². The van der Waals surface area contributed by atoms with Gasteiger partial charge in [-0.3, -0.25) is 9.45 Å². The molecule has 0 saturated heterocycles. The Morgan fingerprint density at radius 3 is 1.62 bits per heavy atom.